The number of amides is 2. The fourth-order valence-corrected chi connectivity index (χ4v) is 2.68. The van der Waals surface area contributed by atoms with E-state index in [9.17, 15) is 9.59 Å². The van der Waals surface area contributed by atoms with E-state index >= 15 is 0 Å². The number of hydrogen-bond donors (Lipinski definition) is 1. The van der Waals surface area contributed by atoms with Crippen molar-refractivity contribution in [3.63, 3.8) is 0 Å². The van der Waals surface area contributed by atoms with E-state index in [-0.39, 0.29) is 24.5 Å². The second-order valence-corrected chi connectivity index (χ2v) is 7.06. The lowest BCUT2D eigenvalue weighted by Crippen LogP contribution is -2.36. The van der Waals surface area contributed by atoms with Crippen molar-refractivity contribution in [1.29, 1.82) is 0 Å². The maximum atomic E-state index is 12.6. The average Bonchev–Trinajstić information content (AvgIpc) is 2.61. The molecule has 0 heterocycles. The van der Waals surface area contributed by atoms with Gasteiger partial charge in [-0.15, -0.1) is 0 Å². The number of rotatable bonds is 7. The molecule has 0 saturated heterocycles. The van der Waals surface area contributed by atoms with E-state index in [1.54, 1.807) is 6.07 Å². The van der Waals surface area contributed by atoms with Gasteiger partial charge in [-0.1, -0.05) is 38.1 Å². The Morgan fingerprint density at radius 3 is 2.19 bits per heavy atom. The van der Waals surface area contributed by atoms with E-state index in [1.807, 2.05) is 56.3 Å². The fourth-order valence-electron chi connectivity index (χ4n) is 2.68. The Balaban J connectivity index is 2.13. The first-order chi connectivity index (χ1) is 12.8. The second kappa shape index (κ2) is 9.21. The SMILES string of the molecule is CC(=O)N(CC(=O)Nc1ccccc1OC(C)C)c1ccc(C(C)C)cc1. The molecule has 0 aliphatic carbocycles. The van der Waals surface area contributed by atoms with Crippen LogP contribution in [-0.4, -0.2) is 24.5 Å². The summed E-state index contributed by atoms with van der Waals surface area (Å²) in [7, 11) is 0. The number of nitrogens with one attached hydrogen (secondary N) is 1. The summed E-state index contributed by atoms with van der Waals surface area (Å²) >= 11 is 0. The molecule has 2 rings (SSSR count). The molecule has 2 aromatic carbocycles. The molecule has 27 heavy (non-hydrogen) atoms. The maximum Gasteiger partial charge on any atom is 0.244 e. The molecule has 144 valence electrons. The zero-order chi connectivity index (χ0) is 20.0. The van der Waals surface area contributed by atoms with Crippen molar-refractivity contribution in [3.8, 4) is 5.75 Å². The van der Waals surface area contributed by atoms with Crippen LogP contribution < -0.4 is 15.0 Å². The zero-order valence-electron chi connectivity index (χ0n) is 16.7. The molecular weight excluding hydrogens is 340 g/mol. The quantitative estimate of drug-likeness (QED) is 0.778. The smallest absolute Gasteiger partial charge is 0.244 e. The van der Waals surface area contributed by atoms with Crippen LogP contribution in [0.3, 0.4) is 0 Å². The number of benzene rings is 2. The summed E-state index contributed by atoms with van der Waals surface area (Å²) in [5, 5.41) is 2.84. The molecule has 0 unspecified atom stereocenters. The summed E-state index contributed by atoms with van der Waals surface area (Å²) in [6.07, 6.45) is -0.00348. The molecular formula is C22H28N2O3. The number of hydrogen-bond acceptors (Lipinski definition) is 3. The van der Waals surface area contributed by atoms with Gasteiger partial charge in [-0.05, 0) is 49.6 Å². The lowest BCUT2D eigenvalue weighted by atomic mass is 10.0. The van der Waals surface area contributed by atoms with E-state index < -0.39 is 0 Å². The van der Waals surface area contributed by atoms with Gasteiger partial charge in [0.1, 0.15) is 12.3 Å². The minimum Gasteiger partial charge on any atom is -0.489 e. The minimum atomic E-state index is -0.280. The van der Waals surface area contributed by atoms with Crippen LogP contribution in [0.25, 0.3) is 0 Å². The van der Waals surface area contributed by atoms with Crippen LogP contribution >= 0.6 is 0 Å². The summed E-state index contributed by atoms with van der Waals surface area (Å²) in [5.74, 6) is 0.550. The zero-order valence-corrected chi connectivity index (χ0v) is 16.7. The molecule has 0 aliphatic heterocycles. The summed E-state index contributed by atoms with van der Waals surface area (Å²) < 4.78 is 5.72. The van der Waals surface area contributed by atoms with Gasteiger partial charge in [0.05, 0.1) is 11.8 Å². The highest BCUT2D eigenvalue weighted by atomic mass is 16.5. The first-order valence-electron chi connectivity index (χ1n) is 9.21. The normalized spacial score (nSPS) is 10.8. The average molecular weight is 368 g/mol. The van der Waals surface area contributed by atoms with E-state index in [4.69, 9.17) is 4.74 Å². The largest absolute Gasteiger partial charge is 0.489 e. The summed E-state index contributed by atoms with van der Waals surface area (Å²) in [6, 6.07) is 15.0. The molecule has 0 bridgehead atoms. The third kappa shape index (κ3) is 5.84. The molecule has 2 amide bonds. The molecule has 0 fully saturated rings. The van der Waals surface area contributed by atoms with Crippen molar-refractivity contribution in [1.82, 2.24) is 0 Å². The molecule has 0 spiro atoms. The van der Waals surface area contributed by atoms with Gasteiger partial charge in [0, 0.05) is 12.6 Å². The van der Waals surface area contributed by atoms with Crippen molar-refractivity contribution in [2.75, 3.05) is 16.8 Å². The highest BCUT2D eigenvalue weighted by Crippen LogP contribution is 2.25. The topological polar surface area (TPSA) is 58.6 Å². The Morgan fingerprint density at radius 1 is 1.00 bits per heavy atom. The number of carbonyl (C=O) groups excluding carboxylic acids is 2. The van der Waals surface area contributed by atoms with Gasteiger partial charge in [-0.25, -0.2) is 0 Å². The third-order valence-corrected chi connectivity index (χ3v) is 4.08. The van der Waals surface area contributed by atoms with Crippen molar-refractivity contribution in [2.45, 2.75) is 46.6 Å². The summed E-state index contributed by atoms with van der Waals surface area (Å²) in [6.45, 7) is 9.48. The molecule has 0 radical (unpaired) electrons. The third-order valence-electron chi connectivity index (χ3n) is 4.08. The predicted octanol–water partition coefficient (Wildman–Crippen LogP) is 4.59. The Hall–Kier alpha value is -2.82. The highest BCUT2D eigenvalue weighted by molar-refractivity contribution is 6.02. The van der Waals surface area contributed by atoms with Crippen molar-refractivity contribution in [2.24, 2.45) is 0 Å². The van der Waals surface area contributed by atoms with Crippen LogP contribution in [0.5, 0.6) is 5.75 Å². The van der Waals surface area contributed by atoms with Crippen LogP contribution in [0, 0.1) is 0 Å². The molecule has 0 aromatic heterocycles. The van der Waals surface area contributed by atoms with E-state index in [0.717, 1.165) is 0 Å². The van der Waals surface area contributed by atoms with Crippen LogP contribution in [-0.2, 0) is 9.59 Å². The Morgan fingerprint density at radius 2 is 1.63 bits per heavy atom. The minimum absolute atomic E-state index is 0.00348. The predicted molar refractivity (Wildman–Crippen MR) is 109 cm³/mol. The molecule has 5 heteroatoms. The number of anilines is 2. The van der Waals surface area contributed by atoms with Gasteiger partial charge in [0.2, 0.25) is 11.8 Å². The van der Waals surface area contributed by atoms with Gasteiger partial charge in [0.25, 0.3) is 0 Å². The van der Waals surface area contributed by atoms with Gasteiger partial charge in [-0.3, -0.25) is 9.59 Å². The second-order valence-electron chi connectivity index (χ2n) is 7.06. The van der Waals surface area contributed by atoms with Crippen LogP contribution in [0.15, 0.2) is 48.5 Å². The molecule has 1 N–H and O–H groups in total. The number of ether oxygens (including phenoxy) is 1. The first-order valence-corrected chi connectivity index (χ1v) is 9.21. The van der Waals surface area contributed by atoms with E-state index in [1.165, 1.54) is 17.4 Å². The molecule has 5 nitrogen and oxygen atoms in total. The first kappa shape index (κ1) is 20.5. The lowest BCUT2D eigenvalue weighted by molar-refractivity contribution is -0.120. The lowest BCUT2D eigenvalue weighted by Gasteiger charge is -2.22. The van der Waals surface area contributed by atoms with Gasteiger partial charge >= 0.3 is 0 Å². The van der Waals surface area contributed by atoms with Crippen LogP contribution in [0.2, 0.25) is 0 Å². The van der Waals surface area contributed by atoms with Gasteiger partial charge in [0.15, 0.2) is 0 Å². The monoisotopic (exact) mass is 368 g/mol. The molecule has 0 aliphatic rings. The van der Waals surface area contributed by atoms with Crippen LogP contribution in [0.1, 0.15) is 46.1 Å². The molecule has 2 aromatic rings. The molecule has 0 saturated carbocycles. The van der Waals surface area contributed by atoms with Crippen molar-refractivity contribution in [3.05, 3.63) is 54.1 Å². The fraction of sp³-hybridized carbons (Fsp3) is 0.364. The van der Waals surface area contributed by atoms with E-state index in [2.05, 4.69) is 19.2 Å². The van der Waals surface area contributed by atoms with Gasteiger partial charge < -0.3 is 15.0 Å². The summed E-state index contributed by atoms with van der Waals surface area (Å²) in [5.41, 5.74) is 2.48. The highest BCUT2D eigenvalue weighted by Gasteiger charge is 2.17. The van der Waals surface area contributed by atoms with Crippen molar-refractivity contribution < 1.29 is 14.3 Å². The number of para-hydroxylation sites is 2. The van der Waals surface area contributed by atoms with Crippen molar-refractivity contribution >= 4 is 23.2 Å². The maximum absolute atomic E-state index is 12.6. The Bertz CT molecular complexity index is 782. The molecule has 0 atom stereocenters. The number of carbonyl (C=O) groups is 2. The summed E-state index contributed by atoms with van der Waals surface area (Å²) in [4.78, 5) is 26.1. The number of nitrogens with zero attached hydrogens (tertiary/aromatic N) is 1. The Kier molecular flexibility index (Phi) is 6.99. The standard InChI is InChI=1S/C22H28N2O3/c1-15(2)18-10-12-19(13-11-18)24(17(5)25)14-22(26)23-20-8-6-7-9-21(20)27-16(3)4/h6-13,15-16H,14H2,1-5H3,(H,23,26). The Labute approximate surface area is 161 Å². The van der Waals surface area contributed by atoms with E-state index in [0.29, 0.717) is 23.0 Å². The van der Waals surface area contributed by atoms with Crippen LogP contribution in [0.4, 0.5) is 11.4 Å². The van der Waals surface area contributed by atoms with Gasteiger partial charge in [-0.2, -0.15) is 0 Å².